The van der Waals surface area contributed by atoms with Crippen LogP contribution in [0.1, 0.15) is 30.0 Å². The second kappa shape index (κ2) is 8.62. The molecule has 0 unspecified atom stereocenters. The van der Waals surface area contributed by atoms with Crippen molar-refractivity contribution in [3.05, 3.63) is 83.4 Å². The maximum atomic E-state index is 12.9. The van der Waals surface area contributed by atoms with Crippen LogP contribution in [0, 0.1) is 6.92 Å². The lowest BCUT2D eigenvalue weighted by Gasteiger charge is -2.17. The Hall–Kier alpha value is -2.92. The normalized spacial score (nSPS) is 18.4. The summed E-state index contributed by atoms with van der Waals surface area (Å²) >= 11 is 1.50. The highest BCUT2D eigenvalue weighted by atomic mass is 32.2. The standard InChI is InChI=1S/C24H23N3OS/c1-3-22-23(28)27(16-20-9-6-8-19-7-4-5-10-21(19)20)24(29-22)26-25-15-18-13-11-17(2)12-14-18/h4-15,22H,3,16H2,1-2H3/b25-15-,26-24+/t22-/m1/s1. The molecule has 1 atom stereocenters. The van der Waals surface area contributed by atoms with E-state index in [9.17, 15) is 4.79 Å². The van der Waals surface area contributed by atoms with Crippen molar-refractivity contribution in [3.8, 4) is 0 Å². The molecular weight excluding hydrogens is 378 g/mol. The van der Waals surface area contributed by atoms with Crippen LogP contribution in [0.25, 0.3) is 10.8 Å². The third kappa shape index (κ3) is 4.25. The van der Waals surface area contributed by atoms with Crippen LogP contribution in [-0.2, 0) is 11.3 Å². The summed E-state index contributed by atoms with van der Waals surface area (Å²) in [5.74, 6) is 0.106. The van der Waals surface area contributed by atoms with Gasteiger partial charge in [0.25, 0.3) is 0 Å². The van der Waals surface area contributed by atoms with E-state index >= 15 is 0 Å². The molecule has 1 aliphatic heterocycles. The van der Waals surface area contributed by atoms with Gasteiger partial charge in [-0.15, -0.1) is 5.10 Å². The Morgan fingerprint density at radius 2 is 1.79 bits per heavy atom. The quantitative estimate of drug-likeness (QED) is 0.425. The molecule has 0 spiro atoms. The lowest BCUT2D eigenvalue weighted by Crippen LogP contribution is -2.31. The molecule has 4 rings (SSSR count). The fourth-order valence-electron chi connectivity index (χ4n) is 3.39. The summed E-state index contributed by atoms with van der Waals surface area (Å²) in [5, 5.41) is 11.6. The molecule has 3 aromatic carbocycles. The van der Waals surface area contributed by atoms with Crippen molar-refractivity contribution >= 4 is 39.8 Å². The van der Waals surface area contributed by atoms with Crippen LogP contribution in [0.3, 0.4) is 0 Å². The molecule has 0 radical (unpaired) electrons. The number of benzene rings is 3. The SMILES string of the molecule is CC[C@H]1S/C(=N/N=C\c2ccc(C)cc2)N(Cc2cccc3ccccc23)C1=O. The van der Waals surface area contributed by atoms with Crippen molar-refractivity contribution in [1.29, 1.82) is 0 Å². The van der Waals surface area contributed by atoms with Crippen LogP contribution in [0.15, 0.2) is 76.9 Å². The number of hydrogen-bond acceptors (Lipinski definition) is 4. The molecule has 4 nitrogen and oxygen atoms in total. The van der Waals surface area contributed by atoms with Gasteiger partial charge < -0.3 is 0 Å². The van der Waals surface area contributed by atoms with Crippen molar-refractivity contribution < 1.29 is 4.79 Å². The molecule has 3 aromatic rings. The van der Waals surface area contributed by atoms with Crippen LogP contribution in [0.2, 0.25) is 0 Å². The first-order valence-corrected chi connectivity index (χ1v) is 10.7. The number of amides is 1. The minimum Gasteiger partial charge on any atom is -0.284 e. The fraction of sp³-hybridized carbons (Fsp3) is 0.208. The van der Waals surface area contributed by atoms with E-state index in [1.165, 1.54) is 22.7 Å². The lowest BCUT2D eigenvalue weighted by molar-refractivity contribution is -0.126. The van der Waals surface area contributed by atoms with Gasteiger partial charge in [-0.25, -0.2) is 0 Å². The Balaban J connectivity index is 1.61. The lowest BCUT2D eigenvalue weighted by atomic mass is 10.0. The predicted molar refractivity (Wildman–Crippen MR) is 122 cm³/mol. The summed E-state index contributed by atoms with van der Waals surface area (Å²) in [6.45, 7) is 4.59. The number of aryl methyl sites for hydroxylation is 1. The van der Waals surface area contributed by atoms with Gasteiger partial charge in [-0.2, -0.15) is 5.10 Å². The zero-order chi connectivity index (χ0) is 20.2. The summed E-state index contributed by atoms with van der Waals surface area (Å²) in [7, 11) is 0. The predicted octanol–water partition coefficient (Wildman–Crippen LogP) is 5.39. The molecule has 146 valence electrons. The molecule has 1 heterocycles. The molecular formula is C24H23N3OS. The van der Waals surface area contributed by atoms with Crippen molar-refractivity contribution in [2.45, 2.75) is 32.1 Å². The Labute approximate surface area is 175 Å². The van der Waals surface area contributed by atoms with E-state index in [-0.39, 0.29) is 11.2 Å². The fourth-order valence-corrected chi connectivity index (χ4v) is 4.41. The first kappa shape index (κ1) is 19.4. The van der Waals surface area contributed by atoms with Crippen molar-refractivity contribution in [3.63, 3.8) is 0 Å². The van der Waals surface area contributed by atoms with Gasteiger partial charge in [0.05, 0.1) is 18.0 Å². The van der Waals surface area contributed by atoms with E-state index < -0.39 is 0 Å². The van der Waals surface area contributed by atoms with E-state index in [0.717, 1.165) is 22.9 Å². The van der Waals surface area contributed by atoms with Gasteiger partial charge in [0.2, 0.25) is 5.91 Å². The van der Waals surface area contributed by atoms with E-state index in [1.54, 1.807) is 11.1 Å². The monoisotopic (exact) mass is 401 g/mol. The molecule has 0 aromatic heterocycles. The maximum Gasteiger partial charge on any atom is 0.242 e. The van der Waals surface area contributed by atoms with Crippen LogP contribution in [0.4, 0.5) is 0 Å². The van der Waals surface area contributed by atoms with Gasteiger partial charge in [-0.3, -0.25) is 9.69 Å². The summed E-state index contributed by atoms with van der Waals surface area (Å²) in [5.41, 5.74) is 3.31. The third-order valence-corrected chi connectivity index (χ3v) is 6.36. The van der Waals surface area contributed by atoms with E-state index in [0.29, 0.717) is 11.7 Å². The number of thioether (sulfide) groups is 1. The largest absolute Gasteiger partial charge is 0.284 e. The summed E-state index contributed by atoms with van der Waals surface area (Å²) in [6.07, 6.45) is 2.50. The molecule has 0 N–H and O–H groups in total. The second-order valence-electron chi connectivity index (χ2n) is 7.12. The van der Waals surface area contributed by atoms with Crippen LogP contribution < -0.4 is 0 Å². The van der Waals surface area contributed by atoms with E-state index in [4.69, 9.17) is 0 Å². The van der Waals surface area contributed by atoms with Gasteiger partial charge in [-0.1, -0.05) is 91.0 Å². The van der Waals surface area contributed by atoms with Gasteiger partial charge in [0, 0.05) is 0 Å². The Kier molecular flexibility index (Phi) is 5.76. The summed E-state index contributed by atoms with van der Waals surface area (Å²) in [4.78, 5) is 14.7. The molecule has 1 aliphatic rings. The Morgan fingerprint density at radius 1 is 1.03 bits per heavy atom. The minimum atomic E-state index is -0.0988. The number of amidine groups is 1. The number of fused-ring (bicyclic) bond motifs is 1. The first-order valence-electron chi connectivity index (χ1n) is 9.78. The van der Waals surface area contributed by atoms with Gasteiger partial charge in [0.15, 0.2) is 5.17 Å². The highest BCUT2D eigenvalue weighted by molar-refractivity contribution is 8.15. The molecule has 0 saturated carbocycles. The second-order valence-corrected chi connectivity index (χ2v) is 8.29. The van der Waals surface area contributed by atoms with Gasteiger partial charge in [0.1, 0.15) is 0 Å². The molecule has 0 aliphatic carbocycles. The topological polar surface area (TPSA) is 45.0 Å². The number of nitrogens with zero attached hydrogens (tertiary/aromatic N) is 3. The average molecular weight is 402 g/mol. The highest BCUT2D eigenvalue weighted by Crippen LogP contribution is 2.32. The van der Waals surface area contributed by atoms with E-state index in [2.05, 4.69) is 41.4 Å². The summed E-state index contributed by atoms with van der Waals surface area (Å²) in [6, 6.07) is 22.6. The Morgan fingerprint density at radius 3 is 2.59 bits per heavy atom. The molecule has 1 amide bonds. The minimum absolute atomic E-state index is 0.0988. The molecule has 0 bridgehead atoms. The third-order valence-electron chi connectivity index (χ3n) is 5.03. The number of carbonyl (C=O) groups is 1. The smallest absolute Gasteiger partial charge is 0.242 e. The zero-order valence-corrected chi connectivity index (χ0v) is 17.4. The number of hydrogen-bond donors (Lipinski definition) is 0. The van der Waals surface area contributed by atoms with Gasteiger partial charge >= 0.3 is 0 Å². The molecule has 1 saturated heterocycles. The molecule has 5 heteroatoms. The van der Waals surface area contributed by atoms with E-state index in [1.807, 2.05) is 49.4 Å². The number of carbonyl (C=O) groups excluding carboxylic acids is 1. The zero-order valence-electron chi connectivity index (χ0n) is 16.6. The average Bonchev–Trinajstić information content (AvgIpc) is 3.04. The van der Waals surface area contributed by atoms with Crippen LogP contribution in [0.5, 0.6) is 0 Å². The first-order chi connectivity index (χ1) is 14.2. The highest BCUT2D eigenvalue weighted by Gasteiger charge is 2.37. The van der Waals surface area contributed by atoms with Crippen molar-refractivity contribution in [2.75, 3.05) is 0 Å². The number of rotatable bonds is 5. The van der Waals surface area contributed by atoms with Crippen LogP contribution in [-0.4, -0.2) is 27.4 Å². The maximum absolute atomic E-state index is 12.9. The van der Waals surface area contributed by atoms with Crippen LogP contribution >= 0.6 is 11.8 Å². The molecule has 29 heavy (non-hydrogen) atoms. The van der Waals surface area contributed by atoms with Gasteiger partial charge in [-0.05, 0) is 35.2 Å². The Bertz CT molecular complexity index is 1080. The van der Waals surface area contributed by atoms with Crippen molar-refractivity contribution in [1.82, 2.24) is 4.90 Å². The molecule has 1 fully saturated rings. The summed E-state index contributed by atoms with van der Waals surface area (Å²) < 4.78 is 0. The van der Waals surface area contributed by atoms with Crippen molar-refractivity contribution in [2.24, 2.45) is 10.2 Å².